The van der Waals surface area contributed by atoms with E-state index in [-0.39, 0.29) is 11.6 Å². The molecule has 0 fully saturated rings. The number of nitrogens with zero attached hydrogens (tertiary/aromatic N) is 5. The van der Waals surface area contributed by atoms with Crippen LogP contribution in [0.15, 0.2) is 30.6 Å². The SMILES string of the molecule is Nc1ccc(F)cc1Oc1cncc2nnnn12. The molecule has 7 nitrogen and oxygen atoms in total. The van der Waals surface area contributed by atoms with Crippen LogP contribution in [0, 0.1) is 5.82 Å². The molecule has 8 heteroatoms. The molecule has 0 amide bonds. The fourth-order valence-corrected chi connectivity index (χ4v) is 1.43. The molecule has 0 saturated carbocycles. The van der Waals surface area contributed by atoms with Gasteiger partial charge in [0.1, 0.15) is 5.82 Å². The number of tetrazole rings is 1. The van der Waals surface area contributed by atoms with Crippen LogP contribution in [0.2, 0.25) is 0 Å². The maximum atomic E-state index is 13.1. The first-order valence-electron chi connectivity index (χ1n) is 4.99. The van der Waals surface area contributed by atoms with Gasteiger partial charge >= 0.3 is 0 Å². The molecule has 0 spiro atoms. The van der Waals surface area contributed by atoms with E-state index < -0.39 is 5.82 Å². The monoisotopic (exact) mass is 246 g/mol. The molecular formula is C10H7FN6O. The molecule has 2 N–H and O–H groups in total. The summed E-state index contributed by atoms with van der Waals surface area (Å²) >= 11 is 0. The number of nitrogen functional groups attached to an aromatic ring is 1. The minimum atomic E-state index is -0.448. The number of aromatic nitrogens is 5. The highest BCUT2D eigenvalue weighted by atomic mass is 19.1. The average Bonchev–Trinajstić information content (AvgIpc) is 2.83. The van der Waals surface area contributed by atoms with Crippen molar-refractivity contribution in [2.24, 2.45) is 0 Å². The van der Waals surface area contributed by atoms with E-state index in [1.165, 1.54) is 35.1 Å². The van der Waals surface area contributed by atoms with Crippen molar-refractivity contribution < 1.29 is 9.13 Å². The van der Waals surface area contributed by atoms with E-state index in [9.17, 15) is 4.39 Å². The van der Waals surface area contributed by atoms with Crippen molar-refractivity contribution in [2.45, 2.75) is 0 Å². The summed E-state index contributed by atoms with van der Waals surface area (Å²) in [5, 5.41) is 10.9. The summed E-state index contributed by atoms with van der Waals surface area (Å²) in [6, 6.07) is 3.84. The fourth-order valence-electron chi connectivity index (χ4n) is 1.43. The summed E-state index contributed by atoms with van der Waals surface area (Å²) in [7, 11) is 0. The fraction of sp³-hybridized carbons (Fsp3) is 0. The number of hydrogen-bond acceptors (Lipinski definition) is 6. The van der Waals surface area contributed by atoms with E-state index >= 15 is 0 Å². The molecule has 0 aliphatic rings. The Morgan fingerprint density at radius 3 is 3.06 bits per heavy atom. The van der Waals surface area contributed by atoms with Gasteiger partial charge < -0.3 is 10.5 Å². The normalized spacial score (nSPS) is 10.7. The van der Waals surface area contributed by atoms with Crippen molar-refractivity contribution >= 4 is 11.3 Å². The lowest BCUT2D eigenvalue weighted by atomic mass is 10.3. The molecule has 3 aromatic rings. The van der Waals surface area contributed by atoms with Crippen LogP contribution >= 0.6 is 0 Å². The van der Waals surface area contributed by atoms with Gasteiger partial charge in [-0.3, -0.25) is 4.98 Å². The number of ether oxygens (including phenoxy) is 1. The molecule has 0 atom stereocenters. The maximum absolute atomic E-state index is 13.1. The first-order chi connectivity index (χ1) is 8.74. The predicted molar refractivity (Wildman–Crippen MR) is 59.5 cm³/mol. The molecular weight excluding hydrogens is 239 g/mol. The Morgan fingerprint density at radius 2 is 2.17 bits per heavy atom. The summed E-state index contributed by atoms with van der Waals surface area (Å²) in [6.07, 6.45) is 2.88. The molecule has 1 aromatic carbocycles. The Kier molecular flexibility index (Phi) is 2.26. The van der Waals surface area contributed by atoms with Crippen molar-refractivity contribution in [2.75, 3.05) is 5.73 Å². The highest BCUT2D eigenvalue weighted by molar-refractivity contribution is 5.53. The second-order valence-corrected chi connectivity index (χ2v) is 3.48. The van der Waals surface area contributed by atoms with E-state index in [4.69, 9.17) is 10.5 Å². The van der Waals surface area contributed by atoms with E-state index in [1.807, 2.05) is 0 Å². The van der Waals surface area contributed by atoms with Gasteiger partial charge in [-0.15, -0.1) is 5.10 Å². The molecule has 3 rings (SSSR count). The van der Waals surface area contributed by atoms with Crippen LogP contribution < -0.4 is 10.5 Å². The maximum Gasteiger partial charge on any atom is 0.242 e. The molecule has 0 bridgehead atoms. The summed E-state index contributed by atoms with van der Waals surface area (Å²) in [6.45, 7) is 0. The topological polar surface area (TPSA) is 91.2 Å². The Bertz CT molecular complexity index is 712. The summed E-state index contributed by atoms with van der Waals surface area (Å²) < 4.78 is 19.9. The Balaban J connectivity index is 2.06. The quantitative estimate of drug-likeness (QED) is 0.679. The van der Waals surface area contributed by atoms with Gasteiger partial charge in [0.25, 0.3) is 0 Å². The van der Waals surface area contributed by atoms with Crippen molar-refractivity contribution in [1.82, 2.24) is 25.0 Å². The number of anilines is 1. The van der Waals surface area contributed by atoms with Gasteiger partial charge in [0.05, 0.1) is 18.1 Å². The van der Waals surface area contributed by atoms with Crippen molar-refractivity contribution in [3.63, 3.8) is 0 Å². The Labute approximate surface area is 100 Å². The number of hydrogen-bond donors (Lipinski definition) is 1. The summed E-state index contributed by atoms with van der Waals surface area (Å²) in [5.41, 5.74) is 6.41. The predicted octanol–water partition coefficient (Wildman–Crippen LogP) is 1.03. The second kappa shape index (κ2) is 3.91. The van der Waals surface area contributed by atoms with Gasteiger partial charge in [0, 0.05) is 6.07 Å². The lowest BCUT2D eigenvalue weighted by Crippen LogP contribution is -1.99. The van der Waals surface area contributed by atoms with Crippen molar-refractivity contribution in [3.8, 4) is 11.6 Å². The van der Waals surface area contributed by atoms with Crippen LogP contribution in [0.4, 0.5) is 10.1 Å². The van der Waals surface area contributed by atoms with E-state index in [2.05, 4.69) is 20.5 Å². The molecule has 0 radical (unpaired) electrons. The van der Waals surface area contributed by atoms with Crippen LogP contribution in [0.5, 0.6) is 11.6 Å². The van der Waals surface area contributed by atoms with Gasteiger partial charge in [-0.2, -0.15) is 4.52 Å². The minimum Gasteiger partial charge on any atom is -0.435 e. The minimum absolute atomic E-state index is 0.180. The average molecular weight is 246 g/mol. The van der Waals surface area contributed by atoms with Crippen LogP contribution in [0.1, 0.15) is 0 Å². The van der Waals surface area contributed by atoms with E-state index in [1.54, 1.807) is 0 Å². The first kappa shape index (κ1) is 10.4. The van der Waals surface area contributed by atoms with Gasteiger partial charge in [0.2, 0.25) is 11.5 Å². The number of benzene rings is 1. The number of rotatable bonds is 2. The van der Waals surface area contributed by atoms with Gasteiger partial charge in [0.15, 0.2) is 5.75 Å². The zero-order valence-corrected chi connectivity index (χ0v) is 8.99. The highest BCUT2D eigenvalue weighted by Gasteiger charge is 2.09. The zero-order chi connectivity index (χ0) is 12.5. The van der Waals surface area contributed by atoms with Crippen LogP contribution in [-0.4, -0.2) is 25.0 Å². The Hall–Kier alpha value is -2.77. The lowest BCUT2D eigenvalue weighted by molar-refractivity contribution is 0.440. The summed E-state index contributed by atoms with van der Waals surface area (Å²) in [5.74, 6) is -0.0225. The molecule has 0 aliphatic carbocycles. The molecule has 2 aromatic heterocycles. The zero-order valence-electron chi connectivity index (χ0n) is 8.99. The van der Waals surface area contributed by atoms with Gasteiger partial charge in [-0.05, 0) is 22.6 Å². The molecule has 2 heterocycles. The largest absolute Gasteiger partial charge is 0.435 e. The lowest BCUT2D eigenvalue weighted by Gasteiger charge is -2.08. The van der Waals surface area contributed by atoms with E-state index in [0.717, 1.165) is 0 Å². The van der Waals surface area contributed by atoms with Gasteiger partial charge in [-0.1, -0.05) is 0 Å². The number of fused-ring (bicyclic) bond motifs is 1. The second-order valence-electron chi connectivity index (χ2n) is 3.48. The van der Waals surface area contributed by atoms with Crippen molar-refractivity contribution in [3.05, 3.63) is 36.4 Å². The number of halogens is 1. The van der Waals surface area contributed by atoms with Crippen molar-refractivity contribution in [1.29, 1.82) is 0 Å². The Morgan fingerprint density at radius 1 is 1.28 bits per heavy atom. The third kappa shape index (κ3) is 1.69. The first-order valence-corrected chi connectivity index (χ1v) is 4.99. The van der Waals surface area contributed by atoms with Crippen LogP contribution in [0.25, 0.3) is 5.65 Å². The molecule has 0 aliphatic heterocycles. The highest BCUT2D eigenvalue weighted by Crippen LogP contribution is 2.27. The molecule has 0 unspecified atom stereocenters. The van der Waals surface area contributed by atoms with Crippen LogP contribution in [0.3, 0.4) is 0 Å². The third-order valence-corrected chi connectivity index (χ3v) is 2.27. The smallest absolute Gasteiger partial charge is 0.242 e. The third-order valence-electron chi connectivity index (χ3n) is 2.27. The standard InChI is InChI=1S/C10H7FN6O/c11-6-1-2-7(12)8(3-6)18-10-5-13-4-9-14-15-16-17(9)10/h1-5H,12H2. The molecule has 0 saturated heterocycles. The van der Waals surface area contributed by atoms with E-state index in [0.29, 0.717) is 11.3 Å². The molecule has 90 valence electrons. The summed E-state index contributed by atoms with van der Waals surface area (Å²) in [4.78, 5) is 3.91. The molecule has 18 heavy (non-hydrogen) atoms. The van der Waals surface area contributed by atoms with Crippen LogP contribution in [-0.2, 0) is 0 Å². The number of nitrogens with two attached hydrogens (primary N) is 1. The van der Waals surface area contributed by atoms with Gasteiger partial charge in [-0.25, -0.2) is 4.39 Å².